The van der Waals surface area contributed by atoms with Crippen molar-refractivity contribution in [3.8, 4) is 6.07 Å². The SMILES string of the molecule is N#CC[C@H](N)c1ccccc1C(F)F. The van der Waals surface area contributed by atoms with Crippen molar-refractivity contribution in [3.63, 3.8) is 0 Å². The molecule has 0 saturated carbocycles. The Kier molecular flexibility index (Phi) is 3.55. The Morgan fingerprint density at radius 1 is 1.29 bits per heavy atom. The van der Waals surface area contributed by atoms with E-state index < -0.39 is 12.5 Å². The van der Waals surface area contributed by atoms with E-state index >= 15 is 0 Å². The van der Waals surface area contributed by atoms with Crippen LogP contribution in [0.15, 0.2) is 24.3 Å². The zero-order chi connectivity index (χ0) is 10.6. The first kappa shape index (κ1) is 10.6. The standard InChI is InChI=1S/C10H10F2N2/c11-10(12)8-4-2-1-3-7(8)9(14)5-6-13/h1-4,9-10H,5,14H2/t9-/m0/s1. The van der Waals surface area contributed by atoms with Crippen molar-refractivity contribution in [2.24, 2.45) is 5.73 Å². The summed E-state index contributed by atoms with van der Waals surface area (Å²) in [4.78, 5) is 0. The van der Waals surface area contributed by atoms with Crippen LogP contribution >= 0.6 is 0 Å². The Bertz CT molecular complexity index is 344. The molecular formula is C10H10F2N2. The van der Waals surface area contributed by atoms with Gasteiger partial charge >= 0.3 is 0 Å². The molecule has 0 fully saturated rings. The maximum Gasteiger partial charge on any atom is 0.264 e. The molecule has 0 aliphatic rings. The predicted octanol–water partition coefficient (Wildman–Crippen LogP) is 2.54. The molecule has 1 atom stereocenters. The molecule has 2 N–H and O–H groups in total. The zero-order valence-corrected chi connectivity index (χ0v) is 7.45. The fraction of sp³-hybridized carbons (Fsp3) is 0.300. The fourth-order valence-corrected chi connectivity index (χ4v) is 1.26. The van der Waals surface area contributed by atoms with Gasteiger partial charge in [-0.2, -0.15) is 5.26 Å². The highest BCUT2D eigenvalue weighted by molar-refractivity contribution is 5.31. The molecule has 0 heterocycles. The molecule has 14 heavy (non-hydrogen) atoms. The van der Waals surface area contributed by atoms with Gasteiger partial charge in [0.2, 0.25) is 0 Å². The molecule has 1 aromatic rings. The summed E-state index contributed by atoms with van der Waals surface area (Å²) >= 11 is 0. The number of alkyl halides is 2. The molecule has 0 spiro atoms. The van der Waals surface area contributed by atoms with Crippen molar-refractivity contribution in [2.45, 2.75) is 18.9 Å². The summed E-state index contributed by atoms with van der Waals surface area (Å²) in [5.41, 5.74) is 5.85. The highest BCUT2D eigenvalue weighted by Crippen LogP contribution is 2.27. The summed E-state index contributed by atoms with van der Waals surface area (Å²) in [5, 5.41) is 8.41. The molecule has 0 aliphatic heterocycles. The van der Waals surface area contributed by atoms with Crippen LogP contribution in [0.25, 0.3) is 0 Å². The molecule has 4 heteroatoms. The third kappa shape index (κ3) is 2.27. The molecule has 0 aliphatic carbocycles. The Hall–Kier alpha value is -1.47. The van der Waals surface area contributed by atoms with Crippen LogP contribution in [0, 0.1) is 11.3 Å². The first-order valence-corrected chi connectivity index (χ1v) is 4.16. The highest BCUT2D eigenvalue weighted by atomic mass is 19.3. The zero-order valence-electron chi connectivity index (χ0n) is 7.45. The molecule has 1 aromatic carbocycles. The van der Waals surface area contributed by atoms with Gasteiger partial charge < -0.3 is 5.73 Å². The third-order valence-electron chi connectivity index (χ3n) is 1.94. The lowest BCUT2D eigenvalue weighted by atomic mass is 9.99. The van der Waals surface area contributed by atoms with Crippen LogP contribution in [0.3, 0.4) is 0 Å². The van der Waals surface area contributed by atoms with Crippen LogP contribution in [0.1, 0.15) is 30.0 Å². The summed E-state index contributed by atoms with van der Waals surface area (Å²) in [6.07, 6.45) is -2.50. The number of hydrogen-bond acceptors (Lipinski definition) is 2. The van der Waals surface area contributed by atoms with Gasteiger partial charge in [0.1, 0.15) is 0 Å². The highest BCUT2D eigenvalue weighted by Gasteiger charge is 2.16. The van der Waals surface area contributed by atoms with Gasteiger partial charge in [-0.3, -0.25) is 0 Å². The van der Waals surface area contributed by atoms with Gasteiger partial charge in [0.25, 0.3) is 6.43 Å². The monoisotopic (exact) mass is 196 g/mol. The van der Waals surface area contributed by atoms with E-state index in [1.54, 1.807) is 6.07 Å². The molecule has 74 valence electrons. The molecule has 2 nitrogen and oxygen atoms in total. The Labute approximate surface area is 81.0 Å². The van der Waals surface area contributed by atoms with E-state index in [0.29, 0.717) is 5.56 Å². The van der Waals surface area contributed by atoms with Crippen molar-refractivity contribution >= 4 is 0 Å². The number of nitrogens with zero attached hydrogens (tertiary/aromatic N) is 1. The number of hydrogen-bond donors (Lipinski definition) is 1. The Morgan fingerprint density at radius 3 is 2.36 bits per heavy atom. The predicted molar refractivity (Wildman–Crippen MR) is 48.6 cm³/mol. The van der Waals surface area contributed by atoms with E-state index in [1.165, 1.54) is 18.2 Å². The second kappa shape index (κ2) is 4.68. The molecule has 0 saturated heterocycles. The third-order valence-corrected chi connectivity index (χ3v) is 1.94. The minimum atomic E-state index is -2.55. The van der Waals surface area contributed by atoms with Gasteiger partial charge in [0.15, 0.2) is 0 Å². The topological polar surface area (TPSA) is 49.8 Å². The maximum absolute atomic E-state index is 12.5. The van der Waals surface area contributed by atoms with Crippen LogP contribution < -0.4 is 5.73 Å². The van der Waals surface area contributed by atoms with E-state index in [9.17, 15) is 8.78 Å². The molecule has 1 rings (SSSR count). The van der Waals surface area contributed by atoms with Gasteiger partial charge in [0.05, 0.1) is 12.5 Å². The first-order chi connectivity index (χ1) is 6.66. The van der Waals surface area contributed by atoms with Gasteiger partial charge in [0, 0.05) is 11.6 Å². The number of nitrogens with two attached hydrogens (primary N) is 1. The van der Waals surface area contributed by atoms with Gasteiger partial charge in [-0.05, 0) is 5.56 Å². The van der Waals surface area contributed by atoms with Gasteiger partial charge in [-0.1, -0.05) is 24.3 Å². The van der Waals surface area contributed by atoms with Crippen LogP contribution in [-0.4, -0.2) is 0 Å². The lowest BCUT2D eigenvalue weighted by molar-refractivity contribution is 0.149. The number of halogens is 2. The normalized spacial score (nSPS) is 12.5. The van der Waals surface area contributed by atoms with Gasteiger partial charge in [-0.25, -0.2) is 8.78 Å². The summed E-state index contributed by atoms with van der Waals surface area (Å²) < 4.78 is 25.0. The van der Waals surface area contributed by atoms with Crippen LogP contribution in [0.5, 0.6) is 0 Å². The van der Waals surface area contributed by atoms with E-state index in [1.807, 2.05) is 6.07 Å². The molecule has 0 bridgehead atoms. The second-order valence-corrected chi connectivity index (χ2v) is 2.90. The van der Waals surface area contributed by atoms with Crippen molar-refractivity contribution in [1.29, 1.82) is 5.26 Å². The summed E-state index contributed by atoms with van der Waals surface area (Å²) in [5.74, 6) is 0. The van der Waals surface area contributed by atoms with E-state index in [-0.39, 0.29) is 12.0 Å². The molecule has 0 unspecified atom stereocenters. The lowest BCUT2D eigenvalue weighted by Crippen LogP contribution is -2.11. The smallest absolute Gasteiger partial charge is 0.264 e. The average molecular weight is 196 g/mol. The lowest BCUT2D eigenvalue weighted by Gasteiger charge is -2.12. The van der Waals surface area contributed by atoms with Crippen LogP contribution in [-0.2, 0) is 0 Å². The van der Waals surface area contributed by atoms with E-state index in [2.05, 4.69) is 0 Å². The van der Waals surface area contributed by atoms with E-state index in [4.69, 9.17) is 11.0 Å². The fourth-order valence-electron chi connectivity index (χ4n) is 1.26. The summed E-state index contributed by atoms with van der Waals surface area (Å²) in [7, 11) is 0. The Balaban J connectivity index is 3.01. The Morgan fingerprint density at radius 2 is 1.86 bits per heavy atom. The molecule has 0 aromatic heterocycles. The van der Waals surface area contributed by atoms with Gasteiger partial charge in [-0.15, -0.1) is 0 Å². The summed E-state index contributed by atoms with van der Waals surface area (Å²) in [6, 6.07) is 7.26. The largest absolute Gasteiger partial charge is 0.323 e. The van der Waals surface area contributed by atoms with Crippen LogP contribution in [0.2, 0.25) is 0 Å². The van der Waals surface area contributed by atoms with Crippen molar-refractivity contribution in [1.82, 2.24) is 0 Å². The minimum absolute atomic E-state index is 0.0454. The molecule has 0 amide bonds. The summed E-state index contributed by atoms with van der Waals surface area (Å²) in [6.45, 7) is 0. The quantitative estimate of drug-likeness (QED) is 0.807. The van der Waals surface area contributed by atoms with Crippen LogP contribution in [0.4, 0.5) is 8.78 Å². The minimum Gasteiger partial charge on any atom is -0.323 e. The van der Waals surface area contributed by atoms with E-state index in [0.717, 1.165) is 0 Å². The number of nitriles is 1. The second-order valence-electron chi connectivity index (χ2n) is 2.90. The van der Waals surface area contributed by atoms with Crippen molar-refractivity contribution < 1.29 is 8.78 Å². The number of benzene rings is 1. The first-order valence-electron chi connectivity index (χ1n) is 4.16. The maximum atomic E-state index is 12.5. The molecular weight excluding hydrogens is 186 g/mol. The van der Waals surface area contributed by atoms with Crippen molar-refractivity contribution in [3.05, 3.63) is 35.4 Å². The van der Waals surface area contributed by atoms with Crippen molar-refractivity contribution in [2.75, 3.05) is 0 Å². The molecule has 0 radical (unpaired) electrons. The number of rotatable bonds is 3. The average Bonchev–Trinajstić information content (AvgIpc) is 2.18.